The van der Waals surface area contributed by atoms with E-state index in [4.69, 9.17) is 10.5 Å². The van der Waals surface area contributed by atoms with Gasteiger partial charge in [-0.1, -0.05) is 147 Å². The van der Waals surface area contributed by atoms with E-state index in [2.05, 4.69) is 51.1 Å². The van der Waals surface area contributed by atoms with Crippen LogP contribution in [-0.2, 0) is 52.7 Å². The SMILES string of the molecule is CC[C@H](C)[C@@H]1NC(=O)[C@H](CCC(N)=O)NC(=O)CC(CCCCCCCCCC(C)C)OC(=O)[C@H]([C@@H](C)CC)NC(=O)[C@@H](CC(C)C)NC(=O)[C@H](CC(=O)O)NC(=O)[C@H]([C@@H](C)CC)NC(=O)[C@@H](CC(C)C)NC1=O. The molecule has 1 aliphatic heterocycles. The Kier molecular flexibility index (Phi) is 31.6. The molecule has 0 aromatic rings. The maximum absolute atomic E-state index is 14.3. The van der Waals surface area contributed by atoms with E-state index in [1.54, 1.807) is 48.5 Å². The Morgan fingerprint density at radius 2 is 0.919 bits per heavy atom. The average Bonchev–Trinajstić information content (AvgIpc) is 3.31. The van der Waals surface area contributed by atoms with Crippen LogP contribution in [0.2, 0.25) is 0 Å². The highest BCUT2D eigenvalue weighted by Gasteiger charge is 2.38. The first-order chi connectivity index (χ1) is 34.7. The smallest absolute Gasteiger partial charge is 0.329 e. The van der Waals surface area contributed by atoms with Crippen LogP contribution < -0.4 is 43.0 Å². The summed E-state index contributed by atoms with van der Waals surface area (Å²) in [7, 11) is 0. The van der Waals surface area contributed by atoms with Crippen LogP contribution in [0.4, 0.5) is 0 Å². The van der Waals surface area contributed by atoms with Crippen molar-refractivity contribution in [3.05, 3.63) is 0 Å². The van der Waals surface area contributed by atoms with Crippen LogP contribution in [-0.4, -0.2) is 113 Å². The van der Waals surface area contributed by atoms with Gasteiger partial charge in [-0.3, -0.25) is 43.2 Å². The molecule has 74 heavy (non-hydrogen) atoms. The van der Waals surface area contributed by atoms with Crippen molar-refractivity contribution in [2.45, 2.75) is 247 Å². The average molecular weight is 1050 g/mol. The number of carbonyl (C=O) groups excluding carboxylic acids is 9. The van der Waals surface area contributed by atoms with Gasteiger partial charge in [-0.25, -0.2) is 4.79 Å². The lowest BCUT2D eigenvalue weighted by Gasteiger charge is -2.31. The van der Waals surface area contributed by atoms with Gasteiger partial charge in [-0.15, -0.1) is 0 Å². The molecule has 20 nitrogen and oxygen atoms in total. The highest BCUT2D eigenvalue weighted by Crippen LogP contribution is 2.20. The minimum absolute atomic E-state index is 0.0466. The predicted octanol–water partition coefficient (Wildman–Crippen LogP) is 4.83. The summed E-state index contributed by atoms with van der Waals surface area (Å²) in [5, 5.41) is 28.7. The zero-order valence-electron chi connectivity index (χ0n) is 46.8. The van der Waals surface area contributed by atoms with Crippen molar-refractivity contribution in [2.75, 3.05) is 0 Å². The maximum Gasteiger partial charge on any atom is 0.329 e. The number of carboxylic acid groups (broad SMARTS) is 1. The van der Waals surface area contributed by atoms with Gasteiger partial charge in [0.2, 0.25) is 47.3 Å². The Bertz CT molecular complexity index is 1830. The number of primary amides is 1. The Morgan fingerprint density at radius 3 is 1.36 bits per heavy atom. The van der Waals surface area contributed by atoms with Crippen molar-refractivity contribution < 1.29 is 57.8 Å². The van der Waals surface area contributed by atoms with Crippen molar-refractivity contribution >= 4 is 59.2 Å². The molecule has 0 saturated carbocycles. The summed E-state index contributed by atoms with van der Waals surface area (Å²) in [6.45, 7) is 22.1. The number of ether oxygens (including phenoxy) is 1. The highest BCUT2D eigenvalue weighted by molar-refractivity contribution is 5.98. The van der Waals surface area contributed by atoms with Gasteiger partial charge in [0.05, 0.1) is 12.8 Å². The van der Waals surface area contributed by atoms with Gasteiger partial charge in [-0.2, -0.15) is 0 Å². The van der Waals surface area contributed by atoms with Gasteiger partial charge in [0.15, 0.2) is 0 Å². The van der Waals surface area contributed by atoms with Crippen LogP contribution in [0.5, 0.6) is 0 Å². The van der Waals surface area contributed by atoms with E-state index in [0.29, 0.717) is 31.6 Å². The van der Waals surface area contributed by atoms with Crippen LogP contribution in [0.15, 0.2) is 0 Å². The number of hydrogen-bond donors (Lipinski definition) is 9. The molecule has 1 saturated heterocycles. The summed E-state index contributed by atoms with van der Waals surface area (Å²) in [6.07, 6.45) is 6.52. The molecule has 10 N–H and O–H groups in total. The molecule has 0 aliphatic carbocycles. The molecule has 11 atom stereocenters. The number of esters is 1. The van der Waals surface area contributed by atoms with E-state index in [1.165, 1.54) is 6.42 Å². The first-order valence-electron chi connectivity index (χ1n) is 27.6. The zero-order chi connectivity index (χ0) is 56.2. The monoisotopic (exact) mass is 1050 g/mol. The highest BCUT2D eigenvalue weighted by atomic mass is 16.5. The normalized spacial score (nSPS) is 25.0. The topological polar surface area (TPSA) is 310 Å². The van der Waals surface area contributed by atoms with E-state index in [9.17, 15) is 53.1 Å². The summed E-state index contributed by atoms with van der Waals surface area (Å²) < 4.78 is 6.09. The van der Waals surface area contributed by atoms with Crippen LogP contribution in [0.25, 0.3) is 0 Å². The number of amides is 8. The van der Waals surface area contributed by atoms with Gasteiger partial charge < -0.3 is 52.8 Å². The molecule has 0 spiro atoms. The molecule has 0 radical (unpaired) electrons. The van der Waals surface area contributed by atoms with E-state index in [-0.39, 0.29) is 43.9 Å². The van der Waals surface area contributed by atoms with E-state index in [1.807, 2.05) is 20.8 Å². The fourth-order valence-corrected chi connectivity index (χ4v) is 8.68. The van der Waals surface area contributed by atoms with E-state index in [0.717, 1.165) is 38.5 Å². The van der Waals surface area contributed by atoms with Crippen molar-refractivity contribution in [2.24, 2.45) is 41.2 Å². The first kappa shape index (κ1) is 66.7. The van der Waals surface area contributed by atoms with Crippen molar-refractivity contribution in [3.8, 4) is 0 Å². The molecule has 1 heterocycles. The van der Waals surface area contributed by atoms with Crippen LogP contribution in [0.3, 0.4) is 0 Å². The van der Waals surface area contributed by atoms with Crippen LogP contribution in [0.1, 0.15) is 199 Å². The Balaban J connectivity index is 4.01. The molecule has 0 aromatic carbocycles. The molecular weight excluding hydrogens is 953 g/mol. The van der Waals surface area contributed by atoms with Gasteiger partial charge in [0, 0.05) is 6.42 Å². The van der Waals surface area contributed by atoms with Crippen LogP contribution >= 0.6 is 0 Å². The number of nitrogens with two attached hydrogens (primary N) is 1. The van der Waals surface area contributed by atoms with E-state index >= 15 is 0 Å². The zero-order valence-corrected chi connectivity index (χ0v) is 46.8. The summed E-state index contributed by atoms with van der Waals surface area (Å²) in [5.41, 5.74) is 5.51. The van der Waals surface area contributed by atoms with Crippen molar-refractivity contribution in [1.82, 2.24) is 37.2 Å². The number of unbranched alkanes of at least 4 members (excludes halogenated alkanes) is 6. The van der Waals surface area contributed by atoms with E-state index < -0.39 is 138 Å². The second-order valence-electron chi connectivity index (χ2n) is 22.0. The number of carboxylic acids is 1. The number of hydrogen-bond acceptors (Lipinski definition) is 11. The third kappa shape index (κ3) is 25.8. The van der Waals surface area contributed by atoms with Gasteiger partial charge >= 0.3 is 11.9 Å². The van der Waals surface area contributed by atoms with Gasteiger partial charge in [-0.05, 0) is 67.6 Å². The van der Waals surface area contributed by atoms with Gasteiger partial charge in [0.25, 0.3) is 0 Å². The third-order valence-corrected chi connectivity index (χ3v) is 13.9. The summed E-state index contributed by atoms with van der Waals surface area (Å²) in [6, 6.07) is -9.50. The molecule has 424 valence electrons. The van der Waals surface area contributed by atoms with Crippen molar-refractivity contribution in [1.29, 1.82) is 0 Å². The summed E-state index contributed by atoms with van der Waals surface area (Å²) in [5.74, 6) is -10.0. The third-order valence-electron chi connectivity index (χ3n) is 13.9. The lowest BCUT2D eigenvalue weighted by Crippen LogP contribution is -2.61. The Labute approximate surface area is 441 Å². The number of rotatable bonds is 25. The van der Waals surface area contributed by atoms with Crippen molar-refractivity contribution in [3.63, 3.8) is 0 Å². The Hall–Kier alpha value is -5.30. The largest absolute Gasteiger partial charge is 0.481 e. The standard InChI is InChI=1S/C54H96N8O12/c1-13-34(10)45-52(71)58-40(28-33(8)9)50(69)61-46(35(11)14-2)53(72)59-41(30-44(65)66)49(68)57-39(27-32(6)7)51(70)62-47(36(12)15-3)54(73)74-37(24-22-20-18-16-17-19-21-23-31(4)5)29-43(64)56-38(48(67)60-45)25-26-42(55)63/h31-41,45-47H,13-30H2,1-12H3,(H2,55,63)(H,56,64)(H,57,68)(H,58,71)(H,59,72)(H,60,67)(H,61,69)(H,62,70)(H,65,66)/t34-,35-,36-,37?,38-,39+,40+,41-,45-,46-,47-/m0/s1. The molecule has 20 heteroatoms. The first-order valence-corrected chi connectivity index (χ1v) is 27.6. The van der Waals surface area contributed by atoms with Crippen LogP contribution in [0, 0.1) is 35.5 Å². The lowest BCUT2D eigenvalue weighted by molar-refractivity contribution is -0.156. The quantitative estimate of drug-likeness (QED) is 0.0439. The Morgan fingerprint density at radius 1 is 0.514 bits per heavy atom. The second-order valence-corrected chi connectivity index (χ2v) is 22.0. The summed E-state index contributed by atoms with van der Waals surface area (Å²) in [4.78, 5) is 138. The second kappa shape index (κ2) is 35.0. The summed E-state index contributed by atoms with van der Waals surface area (Å²) >= 11 is 0. The number of aliphatic carboxylic acids is 1. The molecule has 1 fully saturated rings. The minimum Gasteiger partial charge on any atom is -0.481 e. The predicted molar refractivity (Wildman–Crippen MR) is 282 cm³/mol. The number of carbonyl (C=O) groups is 10. The molecule has 1 rings (SSSR count). The fraction of sp³-hybridized carbons (Fsp3) is 0.815. The van der Waals surface area contributed by atoms with Gasteiger partial charge in [0.1, 0.15) is 48.4 Å². The number of cyclic esters (lactones) is 1. The molecule has 1 unspecified atom stereocenters. The molecule has 1 aliphatic rings. The minimum atomic E-state index is -1.72. The molecule has 8 amide bonds. The fourth-order valence-electron chi connectivity index (χ4n) is 8.68. The maximum atomic E-state index is 14.3. The molecular formula is C54H96N8O12. The molecule has 0 aromatic heterocycles. The lowest BCUT2D eigenvalue weighted by atomic mass is 9.95. The molecule has 0 bridgehead atoms. The number of nitrogens with one attached hydrogen (secondary N) is 7.